The summed E-state index contributed by atoms with van der Waals surface area (Å²) in [5, 5.41) is 16.7. The van der Waals surface area contributed by atoms with E-state index < -0.39 is 0 Å². The smallest absolute Gasteiger partial charge is 0.290 e. The number of hydrogen-bond donors (Lipinski definition) is 2. The molecule has 3 rings (SSSR count). The number of aliphatic hydroxyl groups excluding tert-OH is 1. The van der Waals surface area contributed by atoms with Crippen LogP contribution in [-0.4, -0.2) is 49.6 Å². The molecule has 0 saturated heterocycles. The van der Waals surface area contributed by atoms with E-state index in [1.807, 2.05) is 38.4 Å². The van der Waals surface area contributed by atoms with Gasteiger partial charge in [0.15, 0.2) is 11.5 Å². The van der Waals surface area contributed by atoms with Gasteiger partial charge in [0.2, 0.25) is 6.79 Å². The molecular weight excluding hydrogens is 338 g/mol. The first kappa shape index (κ1) is 19.6. The lowest BCUT2D eigenvalue weighted by Crippen LogP contribution is -2.11. The first-order chi connectivity index (χ1) is 12.5. The summed E-state index contributed by atoms with van der Waals surface area (Å²) >= 11 is 0. The van der Waals surface area contributed by atoms with E-state index in [-0.39, 0.29) is 19.9 Å². The molecule has 7 heteroatoms. The first-order valence-electron chi connectivity index (χ1n) is 7.97. The van der Waals surface area contributed by atoms with E-state index in [0.717, 1.165) is 28.8 Å². The van der Waals surface area contributed by atoms with Crippen molar-refractivity contribution in [3.05, 3.63) is 41.5 Å². The van der Waals surface area contributed by atoms with Gasteiger partial charge in [0.1, 0.15) is 5.75 Å². The molecule has 0 radical (unpaired) electrons. The molecule has 0 saturated carbocycles. The van der Waals surface area contributed by atoms with Gasteiger partial charge in [-0.05, 0) is 36.9 Å². The minimum Gasteiger partial charge on any atom is -0.496 e. The van der Waals surface area contributed by atoms with Gasteiger partial charge in [-0.3, -0.25) is 4.79 Å². The van der Waals surface area contributed by atoms with Gasteiger partial charge in [-0.25, -0.2) is 0 Å². The zero-order valence-electron chi connectivity index (χ0n) is 15.1. The van der Waals surface area contributed by atoms with Gasteiger partial charge in [0.25, 0.3) is 6.47 Å². The molecule has 26 heavy (non-hydrogen) atoms. The molecule has 7 nitrogen and oxygen atoms in total. The highest BCUT2D eigenvalue weighted by molar-refractivity contribution is 5.77. The lowest BCUT2D eigenvalue weighted by molar-refractivity contribution is -0.122. The molecule has 0 atom stereocenters. The van der Waals surface area contributed by atoms with E-state index in [4.69, 9.17) is 24.1 Å². The van der Waals surface area contributed by atoms with Crippen LogP contribution in [0.25, 0.3) is 11.1 Å². The summed E-state index contributed by atoms with van der Waals surface area (Å²) in [6.07, 6.45) is 0. The summed E-state index contributed by atoms with van der Waals surface area (Å²) in [7, 11) is 5.67. The van der Waals surface area contributed by atoms with Crippen LogP contribution in [0.15, 0.2) is 30.3 Å². The number of fused-ring (bicyclic) bond motifs is 1. The Morgan fingerprint density at radius 2 is 1.81 bits per heavy atom. The fourth-order valence-corrected chi connectivity index (χ4v) is 2.81. The van der Waals surface area contributed by atoms with Gasteiger partial charge in [0.05, 0.1) is 13.7 Å². The Morgan fingerprint density at radius 3 is 2.38 bits per heavy atom. The van der Waals surface area contributed by atoms with Crippen LogP contribution < -0.4 is 14.2 Å². The molecule has 0 amide bonds. The standard InChI is InChI=1S/C18H21NO4.CH2O2/c1-19(2)9-12-4-5-14(13(6-12)10-20)15-7-17-18(23-11-22-17)8-16(15)21-3;2-1-3/h4-8,20H,9-11H2,1-3H3;1H,(H,2,3). The van der Waals surface area contributed by atoms with Crippen LogP contribution in [0, 0.1) is 0 Å². The van der Waals surface area contributed by atoms with Crippen LogP contribution in [0.1, 0.15) is 11.1 Å². The van der Waals surface area contributed by atoms with E-state index in [0.29, 0.717) is 17.2 Å². The number of aliphatic hydroxyl groups is 1. The van der Waals surface area contributed by atoms with Crippen LogP contribution in [-0.2, 0) is 17.9 Å². The fraction of sp³-hybridized carbons (Fsp3) is 0.316. The van der Waals surface area contributed by atoms with Gasteiger partial charge in [-0.2, -0.15) is 0 Å². The highest BCUT2D eigenvalue weighted by atomic mass is 16.7. The van der Waals surface area contributed by atoms with Crippen molar-refractivity contribution in [2.45, 2.75) is 13.2 Å². The summed E-state index contributed by atoms with van der Waals surface area (Å²) in [5.74, 6) is 2.08. The predicted molar refractivity (Wildman–Crippen MR) is 96.6 cm³/mol. The molecule has 0 fully saturated rings. The predicted octanol–water partition coefficient (Wildman–Crippen LogP) is 2.35. The van der Waals surface area contributed by atoms with Gasteiger partial charge >= 0.3 is 0 Å². The largest absolute Gasteiger partial charge is 0.496 e. The van der Waals surface area contributed by atoms with Gasteiger partial charge < -0.3 is 29.3 Å². The molecule has 2 N–H and O–H groups in total. The fourth-order valence-electron chi connectivity index (χ4n) is 2.81. The molecule has 0 spiro atoms. The minimum atomic E-state index is -0.250. The highest BCUT2D eigenvalue weighted by Crippen LogP contribution is 2.43. The lowest BCUT2D eigenvalue weighted by atomic mass is 9.96. The third-order valence-electron chi connectivity index (χ3n) is 3.82. The monoisotopic (exact) mass is 361 g/mol. The van der Waals surface area contributed by atoms with E-state index in [1.165, 1.54) is 0 Å². The number of nitrogens with zero attached hydrogens (tertiary/aromatic N) is 1. The molecule has 2 aromatic rings. The van der Waals surface area contributed by atoms with Crippen LogP contribution >= 0.6 is 0 Å². The maximum atomic E-state index is 9.78. The average molecular weight is 361 g/mol. The molecule has 0 aliphatic carbocycles. The molecule has 1 aliphatic heterocycles. The normalized spacial score (nSPS) is 11.7. The number of carbonyl (C=O) groups is 1. The first-order valence-corrected chi connectivity index (χ1v) is 7.97. The van der Waals surface area contributed by atoms with Crippen molar-refractivity contribution >= 4 is 6.47 Å². The van der Waals surface area contributed by atoms with E-state index >= 15 is 0 Å². The van der Waals surface area contributed by atoms with Crippen molar-refractivity contribution in [3.63, 3.8) is 0 Å². The maximum Gasteiger partial charge on any atom is 0.290 e. The van der Waals surface area contributed by atoms with Crippen LogP contribution in [0.3, 0.4) is 0 Å². The van der Waals surface area contributed by atoms with Crippen molar-refractivity contribution in [2.75, 3.05) is 28.0 Å². The molecule has 0 bridgehead atoms. The molecule has 0 aromatic heterocycles. The van der Waals surface area contributed by atoms with Crippen molar-refractivity contribution in [2.24, 2.45) is 0 Å². The van der Waals surface area contributed by atoms with Crippen molar-refractivity contribution < 1.29 is 29.2 Å². The highest BCUT2D eigenvalue weighted by Gasteiger charge is 2.20. The molecule has 2 aromatic carbocycles. The number of ether oxygens (including phenoxy) is 3. The van der Waals surface area contributed by atoms with Gasteiger partial charge in [0, 0.05) is 18.2 Å². The number of carboxylic acid groups (broad SMARTS) is 1. The second-order valence-electron chi connectivity index (χ2n) is 5.90. The summed E-state index contributed by atoms with van der Waals surface area (Å²) < 4.78 is 16.4. The quantitative estimate of drug-likeness (QED) is 0.790. The Bertz CT molecular complexity index is 760. The topological polar surface area (TPSA) is 88.5 Å². The van der Waals surface area contributed by atoms with Crippen LogP contribution in [0.2, 0.25) is 0 Å². The number of rotatable bonds is 5. The van der Waals surface area contributed by atoms with E-state index in [1.54, 1.807) is 7.11 Å². The molecular formula is C19H23NO6. The third-order valence-corrected chi connectivity index (χ3v) is 3.82. The SMILES string of the molecule is COc1cc2c(cc1-c1ccc(CN(C)C)cc1CO)OCO2.O=CO. The average Bonchev–Trinajstić information content (AvgIpc) is 3.08. The zero-order valence-corrected chi connectivity index (χ0v) is 15.1. The Hall–Kier alpha value is -2.77. The van der Waals surface area contributed by atoms with E-state index in [9.17, 15) is 5.11 Å². The third kappa shape index (κ3) is 4.44. The van der Waals surface area contributed by atoms with Crippen molar-refractivity contribution in [1.82, 2.24) is 4.90 Å². The van der Waals surface area contributed by atoms with Gasteiger partial charge in [-0.1, -0.05) is 18.2 Å². The summed E-state index contributed by atoms with van der Waals surface area (Å²) in [6.45, 7) is 0.760. The van der Waals surface area contributed by atoms with E-state index in [2.05, 4.69) is 11.0 Å². The van der Waals surface area contributed by atoms with Crippen LogP contribution in [0.4, 0.5) is 0 Å². The maximum absolute atomic E-state index is 9.78. The Morgan fingerprint density at radius 1 is 1.15 bits per heavy atom. The molecule has 140 valence electrons. The number of methoxy groups -OCH3 is 1. The Labute approximate surface area is 152 Å². The molecule has 1 aliphatic rings. The lowest BCUT2D eigenvalue weighted by Gasteiger charge is -2.16. The molecule has 0 unspecified atom stereocenters. The molecule has 1 heterocycles. The van der Waals surface area contributed by atoms with Gasteiger partial charge in [-0.15, -0.1) is 0 Å². The summed E-state index contributed by atoms with van der Waals surface area (Å²) in [5.41, 5.74) is 3.84. The summed E-state index contributed by atoms with van der Waals surface area (Å²) in [4.78, 5) is 10.5. The van der Waals surface area contributed by atoms with Crippen LogP contribution in [0.5, 0.6) is 17.2 Å². The van der Waals surface area contributed by atoms with Crippen molar-refractivity contribution in [3.8, 4) is 28.4 Å². The second kappa shape index (κ2) is 9.07. The summed E-state index contributed by atoms with van der Waals surface area (Å²) in [6, 6.07) is 9.84. The minimum absolute atomic E-state index is 0.0335. The Kier molecular flexibility index (Phi) is 6.82. The van der Waals surface area contributed by atoms with Crippen molar-refractivity contribution in [1.29, 1.82) is 0 Å². The second-order valence-corrected chi connectivity index (χ2v) is 5.90. The zero-order chi connectivity index (χ0) is 19.1. The Balaban J connectivity index is 0.000000758. The number of benzene rings is 2. The number of hydrogen-bond acceptors (Lipinski definition) is 6.